The molecule has 0 radical (unpaired) electrons. The van der Waals surface area contributed by atoms with Crippen LogP contribution >= 0.6 is 64.6 Å². The number of hydrogen-bond acceptors (Lipinski definition) is 0. The van der Waals surface area contributed by atoms with Crippen molar-refractivity contribution in [1.82, 2.24) is 0 Å². The van der Waals surface area contributed by atoms with Crippen molar-refractivity contribution in [3.63, 3.8) is 0 Å². The van der Waals surface area contributed by atoms with E-state index in [1.807, 2.05) is 12.1 Å². The molecule has 17 heavy (non-hydrogen) atoms. The zero-order valence-electron chi connectivity index (χ0n) is 8.35. The van der Waals surface area contributed by atoms with Gasteiger partial charge in [0, 0.05) is 17.2 Å². The summed E-state index contributed by atoms with van der Waals surface area (Å²) in [5.74, 6) is 0. The molecule has 0 atom stereocenters. The van der Waals surface area contributed by atoms with Crippen LogP contribution in [0.3, 0.4) is 0 Å². The molecule has 0 fully saturated rings. The third-order valence-corrected chi connectivity index (χ3v) is 1.32. The molecule has 0 saturated heterocycles. The summed E-state index contributed by atoms with van der Waals surface area (Å²) in [6, 6.07) is 9.98. The van der Waals surface area contributed by atoms with Crippen LogP contribution in [-0.4, -0.2) is 9.14 Å². The molecule has 1 rings (SSSR count). The van der Waals surface area contributed by atoms with Gasteiger partial charge in [-0.25, -0.2) is 0 Å². The van der Waals surface area contributed by atoms with Gasteiger partial charge in [-0.15, -0.1) is 0 Å². The van der Waals surface area contributed by atoms with Gasteiger partial charge in [0.25, 0.3) is 6.07 Å². The molecule has 0 aromatic heterocycles. The molecule has 0 amide bonds. The fourth-order valence-electron chi connectivity index (χ4n) is 0.645. The van der Waals surface area contributed by atoms with E-state index in [2.05, 4.69) is 10.9 Å². The SMILES string of the molecule is CC#[N+]c1ccc(Cl)cc1.[Cl][Sb-]([Cl])([Cl])([Cl])([Cl])[Cl]. The Labute approximate surface area is 125 Å². The average Bonchev–Trinajstić information content (AvgIpc) is 2.04. The summed E-state index contributed by atoms with van der Waals surface area (Å²) in [4.78, 5) is 3.94. The van der Waals surface area contributed by atoms with Crippen molar-refractivity contribution in [3.05, 3.63) is 34.1 Å². The Kier molecular flexibility index (Phi) is 6.44. The molecule has 0 heterocycles. The molecule has 0 aliphatic heterocycles. The van der Waals surface area contributed by atoms with Crippen molar-refractivity contribution in [1.29, 1.82) is 0 Å². The summed E-state index contributed by atoms with van der Waals surface area (Å²) in [5.41, 5.74) is 0.881. The van der Waals surface area contributed by atoms with E-state index in [-0.39, 0.29) is 0 Å². The molecule has 98 valence electrons. The number of nitrogens with zero attached hydrogens (tertiary/aromatic N) is 1. The van der Waals surface area contributed by atoms with E-state index < -0.39 is 9.14 Å². The van der Waals surface area contributed by atoms with Gasteiger partial charge in [-0.1, -0.05) is 11.6 Å². The van der Waals surface area contributed by atoms with Crippen LogP contribution in [0.4, 0.5) is 5.69 Å². The average molecular weight is 487 g/mol. The Balaban J connectivity index is 0.000000325. The van der Waals surface area contributed by atoms with Crippen LogP contribution in [0.1, 0.15) is 6.92 Å². The van der Waals surface area contributed by atoms with Gasteiger partial charge in [0.15, 0.2) is 0 Å². The molecule has 0 N–H and O–H groups in total. The second-order valence-electron chi connectivity index (χ2n) is 2.77. The van der Waals surface area contributed by atoms with Crippen LogP contribution in [0.25, 0.3) is 4.85 Å². The maximum absolute atomic E-state index is 5.65. The summed E-state index contributed by atoms with van der Waals surface area (Å²) < 4.78 is 0. The van der Waals surface area contributed by atoms with E-state index in [0.717, 1.165) is 10.7 Å². The Morgan fingerprint density at radius 3 is 1.59 bits per heavy atom. The monoisotopic (exact) mass is 483 g/mol. The fourth-order valence-corrected chi connectivity index (χ4v) is 0.771. The quantitative estimate of drug-likeness (QED) is 0.345. The van der Waals surface area contributed by atoms with Crippen LogP contribution in [0, 0.1) is 6.07 Å². The maximum atomic E-state index is 5.65. The van der Waals surface area contributed by atoms with E-state index in [1.54, 1.807) is 19.1 Å². The van der Waals surface area contributed by atoms with E-state index >= 15 is 0 Å². The Hall–Kier alpha value is 1.56. The number of halogens is 7. The molecule has 1 aromatic rings. The molecule has 0 bridgehead atoms. The van der Waals surface area contributed by atoms with E-state index in [4.69, 9.17) is 64.6 Å². The topological polar surface area (TPSA) is 4.36 Å². The van der Waals surface area contributed by atoms with Gasteiger partial charge in [0.05, 0.1) is 6.92 Å². The van der Waals surface area contributed by atoms with E-state index in [0.29, 0.717) is 0 Å². The number of rotatable bonds is 0. The van der Waals surface area contributed by atoms with E-state index in [1.165, 1.54) is 0 Å². The molecule has 0 unspecified atom stereocenters. The zero-order valence-corrected chi connectivity index (χ0v) is 16.2. The van der Waals surface area contributed by atoms with Gasteiger partial charge in [0.2, 0.25) is 0 Å². The van der Waals surface area contributed by atoms with Gasteiger partial charge >= 0.3 is 67.8 Å². The Morgan fingerprint density at radius 1 is 0.941 bits per heavy atom. The molecular weight excluding hydrogens is 480 g/mol. The van der Waals surface area contributed by atoms with Crippen LogP contribution in [0.5, 0.6) is 0 Å². The van der Waals surface area contributed by atoms with Crippen molar-refractivity contribution in [2.75, 3.05) is 0 Å². The normalized spacial score (nSPS) is 14.4. The van der Waals surface area contributed by atoms with Gasteiger partial charge in [-0.2, -0.15) is 0 Å². The van der Waals surface area contributed by atoms with Crippen molar-refractivity contribution >= 4 is 79.4 Å². The van der Waals surface area contributed by atoms with Crippen molar-refractivity contribution in [2.24, 2.45) is 0 Å². The second kappa shape index (κ2) is 5.90. The van der Waals surface area contributed by atoms with Crippen molar-refractivity contribution in [2.45, 2.75) is 6.92 Å². The summed E-state index contributed by atoms with van der Waals surface area (Å²) in [5, 5.41) is 0.732. The first-order valence-corrected chi connectivity index (χ1v) is 23.7. The number of hydrogen-bond donors (Lipinski definition) is 0. The van der Waals surface area contributed by atoms with Gasteiger partial charge in [-0.3, -0.25) is 0 Å². The molecule has 0 spiro atoms. The van der Waals surface area contributed by atoms with Crippen molar-refractivity contribution in [3.8, 4) is 6.07 Å². The van der Waals surface area contributed by atoms with Gasteiger partial charge in [0.1, 0.15) is 0 Å². The first kappa shape index (κ1) is 18.6. The third-order valence-electron chi connectivity index (χ3n) is 1.07. The van der Waals surface area contributed by atoms with Crippen molar-refractivity contribution < 1.29 is 0 Å². The molecule has 1 nitrogen and oxygen atoms in total. The van der Waals surface area contributed by atoms with E-state index in [9.17, 15) is 0 Å². The Bertz CT molecular complexity index is 424. The molecule has 0 saturated carbocycles. The minimum atomic E-state index is -5.42. The molecule has 0 aliphatic rings. The standard InChI is InChI=1S/C8H7ClN.6ClH.Sb/c1-2-10-8-5-3-7(9)4-6-8;;;;;;;/h3-6H,1H3;6*1H;/q+1;;;;;;;+5/p-6. The minimum absolute atomic E-state index is 0.732. The first-order valence-electron chi connectivity index (χ1n) is 3.97. The van der Waals surface area contributed by atoms with Crippen LogP contribution in [-0.2, 0) is 0 Å². The van der Waals surface area contributed by atoms with Gasteiger partial charge < -0.3 is 0 Å². The second-order valence-corrected chi connectivity index (χ2v) is 60.1. The van der Waals surface area contributed by atoms with Crippen LogP contribution in [0.15, 0.2) is 24.3 Å². The molecular formula is C8H7Cl7NSb. The molecule has 0 aliphatic carbocycles. The summed E-state index contributed by atoms with van der Waals surface area (Å²) in [7, 11) is 25.0. The molecule has 1 aromatic carbocycles. The Morgan fingerprint density at radius 2 is 1.29 bits per heavy atom. The fraction of sp³-hybridized carbons (Fsp3) is 0.125. The predicted octanol–water partition coefficient (Wildman–Crippen LogP) is 7.08. The predicted molar refractivity (Wildman–Crippen MR) is 84.9 cm³/mol. The summed E-state index contributed by atoms with van der Waals surface area (Å²) in [6.07, 6.45) is 0. The summed E-state index contributed by atoms with van der Waals surface area (Å²) >= 11 is 5.65. The van der Waals surface area contributed by atoms with Crippen LogP contribution in [0.2, 0.25) is 5.02 Å². The number of benzene rings is 1. The zero-order chi connectivity index (χ0) is 13.8. The summed E-state index contributed by atoms with van der Waals surface area (Å²) in [6.45, 7) is 1.76. The first-order chi connectivity index (χ1) is 7.28. The van der Waals surface area contributed by atoms with Gasteiger partial charge in [-0.05, 0) is 17.0 Å². The molecule has 9 heteroatoms. The van der Waals surface area contributed by atoms with Crippen LogP contribution < -0.4 is 0 Å². The third kappa shape index (κ3) is 20.1.